The minimum absolute atomic E-state index is 0. The van der Waals surface area contributed by atoms with Crippen LogP contribution >= 0.6 is 8.60 Å². The molecule has 2 aliphatic heterocycles. The van der Waals surface area contributed by atoms with Gasteiger partial charge in [0, 0.05) is 79.4 Å². The van der Waals surface area contributed by atoms with Gasteiger partial charge in [0.25, 0.3) is 5.56 Å². The first kappa shape index (κ1) is 42.5. The Bertz CT molecular complexity index is 892. The van der Waals surface area contributed by atoms with Gasteiger partial charge in [0.05, 0.1) is 18.8 Å². The summed E-state index contributed by atoms with van der Waals surface area (Å²) < 4.78 is 26.4. The van der Waals surface area contributed by atoms with Gasteiger partial charge < -0.3 is 43.6 Å². The minimum atomic E-state index is -1.58. The third kappa shape index (κ3) is 19.3. The maximum Gasteiger partial charge on any atom is 0.330 e. The summed E-state index contributed by atoms with van der Waals surface area (Å²) >= 11 is 0. The molecular weight excluding hydrogens is 634 g/mol. The molecule has 14 nitrogen and oxygen atoms in total. The molecule has 16 heteroatoms. The summed E-state index contributed by atoms with van der Waals surface area (Å²) in [5.41, 5.74) is 1.21. The smallest absolute Gasteiger partial charge is 0.330 e. The van der Waals surface area contributed by atoms with Crippen molar-refractivity contribution in [1.29, 1.82) is 0 Å². The largest absolute Gasteiger partial charge is 0.666 e. The standard InChI is InChI=1S/C11H22N3O2.C10H14N2O4.C2H7O3P.C2H6.Y/c1-3-14(2)9-10-5-6-11(16-10)12-7-4-8-13-15;1-15-6-7-2-3-9(16-7)12-5-4-8(13)11-10(12)14;1-4-6(3)5-2;1-2;/h4,7,10-11,13,15H,3,5-6,8-9H2,1-2H3;4-5,7,9H,2-3,6H2,1H3,(H,11,13,14);3H,1-2H3;1-2H3;/q-1;;;;/b7-4-;;;;. The number of likely N-dealkylation sites (N-methyl/N-ethyl adjacent to an activating group) is 1. The molecule has 2 saturated heterocycles. The second-order valence-corrected chi connectivity index (χ2v) is 9.61. The van der Waals surface area contributed by atoms with Gasteiger partial charge >= 0.3 is 14.3 Å². The summed E-state index contributed by atoms with van der Waals surface area (Å²) in [4.78, 5) is 35.1. The monoisotopic (exact) mass is 683 g/mol. The SMILES string of the molecule is CC.CCN(C)CC1CCC([N-]/C=C\CNO)O1.COCC1CCC(n2ccc(=O)[nH]c2=O)O1.COP(O)OC.[Y]. The predicted molar refractivity (Wildman–Crippen MR) is 154 cm³/mol. The van der Waals surface area contributed by atoms with E-state index >= 15 is 0 Å². The molecule has 1 aromatic rings. The van der Waals surface area contributed by atoms with Gasteiger partial charge in [0.15, 0.2) is 0 Å². The number of rotatable bonds is 12. The second-order valence-electron chi connectivity index (χ2n) is 8.41. The molecule has 3 rings (SSSR count). The van der Waals surface area contributed by atoms with Crippen LogP contribution in [0.4, 0.5) is 0 Å². The number of nitrogens with zero attached hydrogens (tertiary/aromatic N) is 3. The Morgan fingerprint density at radius 3 is 2.37 bits per heavy atom. The molecule has 1 radical (unpaired) electrons. The van der Waals surface area contributed by atoms with Gasteiger partial charge in [-0.15, -0.1) is 0 Å². The summed E-state index contributed by atoms with van der Waals surface area (Å²) in [6, 6.07) is 1.31. The summed E-state index contributed by atoms with van der Waals surface area (Å²) in [7, 11) is 4.90. The fourth-order valence-corrected chi connectivity index (χ4v) is 3.75. The van der Waals surface area contributed by atoms with Crippen LogP contribution in [0.15, 0.2) is 34.1 Å². The quantitative estimate of drug-likeness (QED) is 0.189. The summed E-state index contributed by atoms with van der Waals surface area (Å²) in [6.07, 6.45) is 8.59. The number of nitrogens with one attached hydrogen (secondary N) is 2. The molecule has 237 valence electrons. The maximum absolute atomic E-state index is 11.5. The van der Waals surface area contributed by atoms with E-state index in [1.54, 1.807) is 19.4 Å². The molecule has 0 bridgehead atoms. The van der Waals surface area contributed by atoms with E-state index in [4.69, 9.17) is 24.3 Å². The Kier molecular flexibility index (Phi) is 28.0. The van der Waals surface area contributed by atoms with Crippen LogP contribution < -0.4 is 16.7 Å². The van der Waals surface area contributed by atoms with Crippen LogP contribution in [0, 0.1) is 0 Å². The molecule has 2 fully saturated rings. The number of ether oxygens (including phenoxy) is 3. The van der Waals surface area contributed by atoms with Crippen molar-refractivity contribution in [2.75, 3.05) is 54.6 Å². The first-order valence-corrected chi connectivity index (χ1v) is 14.5. The average Bonchev–Trinajstić information content (AvgIpc) is 3.62. The topological polar surface area (TPSA) is 171 Å². The van der Waals surface area contributed by atoms with E-state index in [-0.39, 0.29) is 51.3 Å². The van der Waals surface area contributed by atoms with Crippen molar-refractivity contribution in [3.63, 3.8) is 0 Å². The predicted octanol–water partition coefficient (Wildman–Crippen LogP) is 2.69. The zero-order chi connectivity index (χ0) is 30.3. The Morgan fingerprint density at radius 1 is 1.17 bits per heavy atom. The van der Waals surface area contributed by atoms with Crippen molar-refractivity contribution in [2.45, 2.75) is 71.1 Å². The van der Waals surface area contributed by atoms with Gasteiger partial charge in [-0.2, -0.15) is 6.20 Å². The van der Waals surface area contributed by atoms with Gasteiger partial charge in [-0.1, -0.05) is 26.8 Å². The number of methoxy groups -OCH3 is 1. The van der Waals surface area contributed by atoms with E-state index in [1.807, 2.05) is 19.3 Å². The number of hydrogen-bond acceptors (Lipinski definition) is 11. The molecule has 0 aromatic carbocycles. The molecular formula is C25H49N5O9PY-. The van der Waals surface area contributed by atoms with Crippen molar-refractivity contribution in [3.8, 4) is 0 Å². The molecule has 0 spiro atoms. The molecule has 0 saturated carbocycles. The summed E-state index contributed by atoms with van der Waals surface area (Å²) in [6.45, 7) is 9.10. The maximum atomic E-state index is 11.5. The van der Waals surface area contributed by atoms with Gasteiger partial charge in [-0.3, -0.25) is 14.3 Å². The van der Waals surface area contributed by atoms with E-state index < -0.39 is 19.9 Å². The molecule has 0 amide bonds. The van der Waals surface area contributed by atoms with Crippen LogP contribution in [0.1, 0.15) is 52.7 Å². The molecule has 41 heavy (non-hydrogen) atoms. The number of aromatic amines is 1. The molecule has 0 aliphatic carbocycles. The van der Waals surface area contributed by atoms with E-state index in [9.17, 15) is 9.59 Å². The van der Waals surface area contributed by atoms with Crippen LogP contribution in [0.25, 0.3) is 5.32 Å². The first-order valence-electron chi connectivity index (χ1n) is 13.4. The Balaban J connectivity index is 0. The molecule has 4 N–H and O–H groups in total. The third-order valence-corrected chi connectivity index (χ3v) is 6.24. The fourth-order valence-electron chi connectivity index (χ4n) is 3.60. The Labute approximate surface area is 269 Å². The number of aromatic nitrogens is 2. The van der Waals surface area contributed by atoms with Crippen molar-refractivity contribution < 1.29 is 66.1 Å². The zero-order valence-electron chi connectivity index (χ0n) is 25.4. The van der Waals surface area contributed by atoms with E-state index in [0.717, 1.165) is 38.8 Å². The summed E-state index contributed by atoms with van der Waals surface area (Å²) in [5, 5.41) is 12.6. The molecule has 1 aromatic heterocycles. The van der Waals surface area contributed by atoms with E-state index in [0.29, 0.717) is 19.3 Å². The molecule has 2 aliphatic rings. The number of hydrogen-bond donors (Lipinski definition) is 4. The van der Waals surface area contributed by atoms with Crippen LogP contribution in [0.5, 0.6) is 0 Å². The second kappa shape index (κ2) is 27.0. The first-order chi connectivity index (χ1) is 19.3. The Morgan fingerprint density at radius 2 is 1.83 bits per heavy atom. The minimum Gasteiger partial charge on any atom is -0.666 e. The van der Waals surface area contributed by atoms with Crippen molar-refractivity contribution >= 4 is 8.60 Å². The fraction of sp³-hybridized carbons (Fsp3) is 0.760. The molecule has 4 unspecified atom stereocenters. The van der Waals surface area contributed by atoms with Crippen molar-refractivity contribution in [1.82, 2.24) is 19.9 Å². The molecule has 3 heterocycles. The zero-order valence-corrected chi connectivity index (χ0v) is 29.1. The van der Waals surface area contributed by atoms with Crippen molar-refractivity contribution in [2.24, 2.45) is 0 Å². The van der Waals surface area contributed by atoms with Crippen LogP contribution in [0.3, 0.4) is 0 Å². The van der Waals surface area contributed by atoms with Crippen LogP contribution in [0.2, 0.25) is 0 Å². The van der Waals surface area contributed by atoms with Gasteiger partial charge in [-0.25, -0.2) is 10.3 Å². The van der Waals surface area contributed by atoms with Gasteiger partial charge in [0.1, 0.15) is 6.23 Å². The average molecular weight is 684 g/mol. The van der Waals surface area contributed by atoms with Gasteiger partial charge in [0.2, 0.25) is 0 Å². The van der Waals surface area contributed by atoms with E-state index in [1.165, 1.54) is 31.0 Å². The van der Waals surface area contributed by atoms with Gasteiger partial charge in [-0.05, 0) is 45.5 Å². The molecule has 4 atom stereocenters. The van der Waals surface area contributed by atoms with Crippen LogP contribution in [-0.2, 0) is 56.0 Å². The number of H-pyrrole nitrogens is 1. The Hall–Kier alpha value is -0.606. The summed E-state index contributed by atoms with van der Waals surface area (Å²) in [5.74, 6) is 0. The van der Waals surface area contributed by atoms with E-state index in [2.05, 4.69) is 38.2 Å². The third-order valence-electron chi connectivity index (χ3n) is 5.62. The normalized spacial score (nSPS) is 21.3. The van der Waals surface area contributed by atoms with Crippen molar-refractivity contribution in [3.05, 3.63) is 50.7 Å². The number of hydroxylamine groups is 1. The van der Waals surface area contributed by atoms with Crippen LogP contribution in [-0.4, -0.2) is 97.6 Å².